The molecule has 1 fully saturated rings. The summed E-state index contributed by atoms with van der Waals surface area (Å²) in [6, 6.07) is 0.572. The lowest BCUT2D eigenvalue weighted by Crippen LogP contribution is -2.21. The Balaban J connectivity index is 1.86. The summed E-state index contributed by atoms with van der Waals surface area (Å²) in [4.78, 5) is 0. The van der Waals surface area contributed by atoms with Gasteiger partial charge in [-0.05, 0) is 32.4 Å². The van der Waals surface area contributed by atoms with E-state index in [0.717, 1.165) is 18.2 Å². The number of aromatic nitrogens is 2. The average Bonchev–Trinajstić information content (AvgIpc) is 2.49. The Bertz CT molecular complexity index is 228. The van der Waals surface area contributed by atoms with Gasteiger partial charge in [0.2, 0.25) is 5.13 Å². The van der Waals surface area contributed by atoms with E-state index in [2.05, 4.69) is 20.8 Å². The summed E-state index contributed by atoms with van der Waals surface area (Å²) in [5.74, 6) is 0. The molecule has 4 nitrogen and oxygen atoms in total. The van der Waals surface area contributed by atoms with Crippen molar-refractivity contribution in [3.8, 4) is 0 Å². The monoisotopic (exact) mass is 198 g/mol. The molecule has 13 heavy (non-hydrogen) atoms. The quantitative estimate of drug-likeness (QED) is 0.747. The van der Waals surface area contributed by atoms with Gasteiger partial charge in [0.25, 0.3) is 0 Å². The van der Waals surface area contributed by atoms with E-state index in [1.807, 2.05) is 0 Å². The van der Waals surface area contributed by atoms with Crippen LogP contribution in [0.5, 0.6) is 0 Å². The van der Waals surface area contributed by atoms with E-state index >= 15 is 0 Å². The second kappa shape index (κ2) is 4.53. The maximum absolute atomic E-state index is 3.98. The number of nitrogens with zero attached hydrogens (tertiary/aromatic N) is 2. The zero-order valence-corrected chi connectivity index (χ0v) is 8.31. The van der Waals surface area contributed by atoms with Crippen molar-refractivity contribution in [3.05, 3.63) is 5.51 Å². The summed E-state index contributed by atoms with van der Waals surface area (Å²) in [7, 11) is 0. The Morgan fingerprint density at radius 2 is 2.46 bits per heavy atom. The first-order valence-corrected chi connectivity index (χ1v) is 5.56. The molecule has 1 aromatic rings. The highest BCUT2D eigenvalue weighted by Gasteiger charge is 2.12. The molecule has 2 N–H and O–H groups in total. The normalized spacial score (nSPS) is 23.8. The van der Waals surface area contributed by atoms with E-state index in [1.54, 1.807) is 16.8 Å². The van der Waals surface area contributed by atoms with Gasteiger partial charge in [-0.3, -0.25) is 0 Å². The molecule has 0 saturated carbocycles. The zero-order chi connectivity index (χ0) is 8.93. The number of nitrogens with one attached hydrogen (secondary N) is 2. The summed E-state index contributed by atoms with van der Waals surface area (Å²) < 4.78 is 0. The Morgan fingerprint density at radius 1 is 1.46 bits per heavy atom. The summed E-state index contributed by atoms with van der Waals surface area (Å²) in [5, 5.41) is 15.5. The molecule has 0 aromatic carbocycles. The Hall–Kier alpha value is -0.680. The van der Waals surface area contributed by atoms with E-state index in [1.165, 1.54) is 19.3 Å². The molecule has 1 aliphatic rings. The van der Waals surface area contributed by atoms with E-state index in [9.17, 15) is 0 Å². The van der Waals surface area contributed by atoms with Crippen LogP contribution in [0, 0.1) is 0 Å². The van der Waals surface area contributed by atoms with Crippen LogP contribution in [0.3, 0.4) is 0 Å². The van der Waals surface area contributed by atoms with Gasteiger partial charge >= 0.3 is 0 Å². The van der Waals surface area contributed by atoms with Crippen molar-refractivity contribution in [1.29, 1.82) is 0 Å². The molecule has 5 heteroatoms. The van der Waals surface area contributed by atoms with Gasteiger partial charge in [-0.15, -0.1) is 10.2 Å². The van der Waals surface area contributed by atoms with Gasteiger partial charge < -0.3 is 10.6 Å². The lowest BCUT2D eigenvalue weighted by Gasteiger charge is -2.13. The number of hydrogen-bond donors (Lipinski definition) is 2. The summed E-state index contributed by atoms with van der Waals surface area (Å²) >= 11 is 1.57. The molecule has 0 spiro atoms. The molecule has 1 aliphatic heterocycles. The maximum Gasteiger partial charge on any atom is 0.205 e. The van der Waals surface area contributed by atoms with Crippen molar-refractivity contribution >= 4 is 16.5 Å². The second-order valence-corrected chi connectivity index (χ2v) is 4.10. The highest BCUT2D eigenvalue weighted by Crippen LogP contribution is 2.14. The predicted octanol–water partition coefficient (Wildman–Crippen LogP) is 1.09. The minimum absolute atomic E-state index is 0.572. The molecule has 1 atom stereocenters. The fourth-order valence-corrected chi connectivity index (χ4v) is 2.10. The van der Waals surface area contributed by atoms with Gasteiger partial charge in [-0.2, -0.15) is 0 Å². The Morgan fingerprint density at radius 3 is 3.31 bits per heavy atom. The topological polar surface area (TPSA) is 49.8 Å². The Labute approximate surface area is 81.8 Å². The van der Waals surface area contributed by atoms with Crippen LogP contribution in [0.25, 0.3) is 0 Å². The largest absolute Gasteiger partial charge is 0.357 e. The summed E-state index contributed by atoms with van der Waals surface area (Å²) in [6.45, 7) is 2.25. The third kappa shape index (κ3) is 2.63. The van der Waals surface area contributed by atoms with Gasteiger partial charge in [0.05, 0.1) is 0 Å². The lowest BCUT2D eigenvalue weighted by molar-refractivity contribution is 0.636. The van der Waals surface area contributed by atoms with Crippen LogP contribution in [0.15, 0.2) is 5.51 Å². The highest BCUT2D eigenvalue weighted by molar-refractivity contribution is 7.13. The molecular formula is C8H14N4S. The van der Waals surface area contributed by atoms with Gasteiger partial charge in [0.1, 0.15) is 5.51 Å². The molecule has 72 valence electrons. The maximum atomic E-state index is 3.98. The molecule has 2 rings (SSSR count). The van der Waals surface area contributed by atoms with Crippen LogP contribution in [-0.2, 0) is 0 Å². The molecule has 0 radical (unpaired) electrons. The first-order chi connectivity index (χ1) is 6.45. The molecule has 1 saturated heterocycles. The lowest BCUT2D eigenvalue weighted by atomic mass is 10.1. The van der Waals surface area contributed by atoms with Crippen LogP contribution < -0.4 is 10.6 Å². The molecule has 1 aromatic heterocycles. The highest BCUT2D eigenvalue weighted by atomic mass is 32.1. The van der Waals surface area contributed by atoms with Crippen molar-refractivity contribution < 1.29 is 0 Å². The first kappa shape index (κ1) is 8.90. The second-order valence-electron chi connectivity index (χ2n) is 3.27. The van der Waals surface area contributed by atoms with Crippen LogP contribution >= 0.6 is 11.3 Å². The molecule has 2 heterocycles. The van der Waals surface area contributed by atoms with E-state index in [4.69, 9.17) is 0 Å². The fourth-order valence-electron chi connectivity index (χ4n) is 1.57. The minimum Gasteiger partial charge on any atom is -0.357 e. The fraction of sp³-hybridized carbons (Fsp3) is 0.750. The average molecular weight is 198 g/mol. The van der Waals surface area contributed by atoms with Gasteiger partial charge in [-0.25, -0.2) is 0 Å². The molecular weight excluding hydrogens is 184 g/mol. The van der Waals surface area contributed by atoms with Crippen molar-refractivity contribution in [2.24, 2.45) is 0 Å². The molecule has 0 bridgehead atoms. The van der Waals surface area contributed by atoms with Crippen LogP contribution in [-0.4, -0.2) is 29.3 Å². The summed E-state index contributed by atoms with van der Waals surface area (Å²) in [5.41, 5.74) is 1.76. The smallest absolute Gasteiger partial charge is 0.205 e. The van der Waals surface area contributed by atoms with Crippen LogP contribution in [0.2, 0.25) is 0 Å². The molecule has 0 amide bonds. The minimum atomic E-state index is 0.572. The van der Waals surface area contributed by atoms with Gasteiger partial charge in [-0.1, -0.05) is 11.3 Å². The van der Waals surface area contributed by atoms with E-state index in [-0.39, 0.29) is 0 Å². The van der Waals surface area contributed by atoms with Crippen LogP contribution in [0.1, 0.15) is 19.3 Å². The van der Waals surface area contributed by atoms with E-state index in [0.29, 0.717) is 6.04 Å². The molecule has 1 unspecified atom stereocenters. The van der Waals surface area contributed by atoms with Gasteiger partial charge in [0, 0.05) is 6.04 Å². The van der Waals surface area contributed by atoms with Crippen molar-refractivity contribution in [2.45, 2.75) is 25.3 Å². The number of hydrogen-bond acceptors (Lipinski definition) is 5. The van der Waals surface area contributed by atoms with Crippen molar-refractivity contribution in [3.63, 3.8) is 0 Å². The zero-order valence-electron chi connectivity index (χ0n) is 7.49. The third-order valence-corrected chi connectivity index (χ3v) is 2.89. The molecule has 0 aliphatic carbocycles. The van der Waals surface area contributed by atoms with Crippen LogP contribution in [0.4, 0.5) is 5.13 Å². The van der Waals surface area contributed by atoms with E-state index < -0.39 is 0 Å². The van der Waals surface area contributed by atoms with Crippen molar-refractivity contribution in [1.82, 2.24) is 15.5 Å². The Kier molecular flexibility index (Phi) is 3.10. The SMILES string of the molecule is c1nnc(NC2CCCNCC2)s1. The predicted molar refractivity (Wildman–Crippen MR) is 54.0 cm³/mol. The van der Waals surface area contributed by atoms with Gasteiger partial charge in [0.15, 0.2) is 0 Å². The third-order valence-electron chi connectivity index (χ3n) is 2.26. The number of anilines is 1. The first-order valence-electron chi connectivity index (χ1n) is 4.68. The van der Waals surface area contributed by atoms with Crippen molar-refractivity contribution in [2.75, 3.05) is 18.4 Å². The summed E-state index contributed by atoms with van der Waals surface area (Å²) in [6.07, 6.45) is 3.66. The number of rotatable bonds is 2. The standard InChI is InChI=1S/C8H14N4S/c1-2-7(3-5-9-4-1)11-8-12-10-6-13-8/h6-7,9H,1-5H2,(H,11,12).